The van der Waals surface area contributed by atoms with Gasteiger partial charge in [0.1, 0.15) is 11.6 Å². The molecule has 0 fully saturated rings. The predicted molar refractivity (Wildman–Crippen MR) is 116 cm³/mol. The molecule has 4 aromatic rings. The summed E-state index contributed by atoms with van der Waals surface area (Å²) in [5, 5.41) is 0.324. The molecule has 7 heteroatoms. The van der Waals surface area contributed by atoms with Crippen molar-refractivity contribution in [3.05, 3.63) is 99.6 Å². The zero-order chi connectivity index (χ0) is 22.2. The molecule has 0 unspecified atom stereocenters. The fourth-order valence-corrected chi connectivity index (χ4v) is 3.80. The average Bonchev–Trinajstić information content (AvgIpc) is 3.27. The Hall–Kier alpha value is -4.13. The maximum atomic E-state index is 13.8. The van der Waals surface area contributed by atoms with Gasteiger partial charge in [-0.15, -0.1) is 0 Å². The molecule has 1 aliphatic rings. The number of hydrogen-bond acceptors (Lipinski definition) is 5. The molecule has 3 aromatic carbocycles. The molecule has 32 heavy (non-hydrogen) atoms. The normalized spacial score (nSPS) is 12.2. The van der Waals surface area contributed by atoms with E-state index in [0.717, 1.165) is 0 Å². The SMILES string of the molecule is COc1ccc(C(=O)c2cn(Cc3cccc(F)c3)c3cc4c(cc3c2=O)OCO4)cc1. The van der Waals surface area contributed by atoms with Crippen molar-refractivity contribution in [2.45, 2.75) is 6.54 Å². The molecule has 0 amide bonds. The first-order chi connectivity index (χ1) is 15.5. The van der Waals surface area contributed by atoms with Crippen molar-refractivity contribution in [2.24, 2.45) is 0 Å². The molecular formula is C25H18FNO5. The van der Waals surface area contributed by atoms with Crippen molar-refractivity contribution in [2.75, 3.05) is 13.9 Å². The van der Waals surface area contributed by atoms with Crippen LogP contribution in [0.25, 0.3) is 10.9 Å². The summed E-state index contributed by atoms with van der Waals surface area (Å²) in [6.07, 6.45) is 1.52. The summed E-state index contributed by atoms with van der Waals surface area (Å²) >= 11 is 0. The Morgan fingerprint density at radius 2 is 1.81 bits per heavy atom. The summed E-state index contributed by atoms with van der Waals surface area (Å²) < 4.78 is 31.5. The van der Waals surface area contributed by atoms with Gasteiger partial charge in [0, 0.05) is 24.4 Å². The highest BCUT2D eigenvalue weighted by Gasteiger charge is 2.22. The van der Waals surface area contributed by atoms with Crippen LogP contribution in [0.4, 0.5) is 4.39 Å². The monoisotopic (exact) mass is 431 g/mol. The number of carbonyl (C=O) groups is 1. The largest absolute Gasteiger partial charge is 0.497 e. The summed E-state index contributed by atoms with van der Waals surface area (Å²) in [5.74, 6) is 0.793. The van der Waals surface area contributed by atoms with E-state index in [2.05, 4.69) is 0 Å². The van der Waals surface area contributed by atoms with E-state index in [4.69, 9.17) is 14.2 Å². The van der Waals surface area contributed by atoms with Crippen molar-refractivity contribution >= 4 is 16.7 Å². The Morgan fingerprint density at radius 1 is 1.06 bits per heavy atom. The zero-order valence-corrected chi connectivity index (χ0v) is 17.1. The van der Waals surface area contributed by atoms with E-state index >= 15 is 0 Å². The quantitative estimate of drug-likeness (QED) is 0.444. The van der Waals surface area contributed by atoms with Crippen molar-refractivity contribution in [3.8, 4) is 17.2 Å². The number of ether oxygens (including phenoxy) is 3. The molecule has 2 heterocycles. The van der Waals surface area contributed by atoms with Crippen LogP contribution < -0.4 is 19.6 Å². The molecule has 5 rings (SSSR count). The molecule has 0 spiro atoms. The minimum Gasteiger partial charge on any atom is -0.497 e. The van der Waals surface area contributed by atoms with Crippen molar-refractivity contribution < 1.29 is 23.4 Å². The fraction of sp³-hybridized carbons (Fsp3) is 0.120. The lowest BCUT2D eigenvalue weighted by Gasteiger charge is -2.14. The number of aromatic nitrogens is 1. The van der Waals surface area contributed by atoms with Crippen LogP contribution in [0.5, 0.6) is 17.2 Å². The third-order valence-electron chi connectivity index (χ3n) is 5.41. The zero-order valence-electron chi connectivity index (χ0n) is 17.1. The van der Waals surface area contributed by atoms with Gasteiger partial charge in [-0.2, -0.15) is 0 Å². The number of pyridine rings is 1. The van der Waals surface area contributed by atoms with Crippen LogP contribution in [-0.4, -0.2) is 24.3 Å². The van der Waals surface area contributed by atoms with Crippen LogP contribution >= 0.6 is 0 Å². The van der Waals surface area contributed by atoms with E-state index in [9.17, 15) is 14.0 Å². The summed E-state index contributed by atoms with van der Waals surface area (Å²) in [5.41, 5.74) is 1.22. The Morgan fingerprint density at radius 3 is 2.53 bits per heavy atom. The molecule has 0 bridgehead atoms. The molecule has 0 atom stereocenters. The lowest BCUT2D eigenvalue weighted by atomic mass is 10.0. The molecule has 0 saturated heterocycles. The Bertz CT molecular complexity index is 1410. The van der Waals surface area contributed by atoms with Crippen LogP contribution in [0.2, 0.25) is 0 Å². The molecular weight excluding hydrogens is 413 g/mol. The summed E-state index contributed by atoms with van der Waals surface area (Å²) in [6.45, 7) is 0.318. The van der Waals surface area contributed by atoms with Crippen LogP contribution in [0.15, 0.2) is 71.7 Å². The number of nitrogens with zero attached hydrogens (tertiary/aromatic N) is 1. The predicted octanol–water partition coefficient (Wildman–Crippen LogP) is 4.16. The highest BCUT2D eigenvalue weighted by atomic mass is 19.1. The number of methoxy groups -OCH3 is 1. The second kappa shape index (κ2) is 7.85. The standard InChI is InChI=1S/C25H18FNO5/c1-30-18-7-5-16(6-8-18)24(28)20-13-27(12-15-3-2-4-17(26)9-15)21-11-23-22(31-14-32-23)10-19(21)25(20)29/h2-11,13H,12,14H2,1H3. The number of benzene rings is 3. The molecule has 0 aliphatic carbocycles. The first kappa shape index (κ1) is 19.8. The average molecular weight is 431 g/mol. The first-order valence-electron chi connectivity index (χ1n) is 9.93. The highest BCUT2D eigenvalue weighted by molar-refractivity contribution is 6.10. The number of halogens is 1. The van der Waals surface area contributed by atoms with Gasteiger partial charge in [-0.05, 0) is 48.0 Å². The maximum Gasteiger partial charge on any atom is 0.231 e. The van der Waals surface area contributed by atoms with Crippen LogP contribution in [-0.2, 0) is 6.54 Å². The molecule has 0 N–H and O–H groups in total. The second-order valence-corrected chi connectivity index (χ2v) is 7.41. The number of ketones is 1. The van der Waals surface area contributed by atoms with Gasteiger partial charge >= 0.3 is 0 Å². The smallest absolute Gasteiger partial charge is 0.231 e. The van der Waals surface area contributed by atoms with E-state index in [1.165, 1.54) is 25.4 Å². The Labute approximate surface area is 182 Å². The molecule has 6 nitrogen and oxygen atoms in total. The van der Waals surface area contributed by atoms with Crippen molar-refractivity contribution in [3.63, 3.8) is 0 Å². The van der Waals surface area contributed by atoms with E-state index in [1.807, 2.05) is 0 Å². The number of hydrogen-bond donors (Lipinski definition) is 0. The molecule has 0 saturated carbocycles. The van der Waals surface area contributed by atoms with Gasteiger partial charge in [-0.3, -0.25) is 9.59 Å². The Kier molecular flexibility index (Phi) is 4.86. The van der Waals surface area contributed by atoms with Gasteiger partial charge in [0.05, 0.1) is 23.6 Å². The van der Waals surface area contributed by atoms with E-state index in [0.29, 0.717) is 39.3 Å². The lowest BCUT2D eigenvalue weighted by Crippen LogP contribution is -2.20. The first-order valence-corrected chi connectivity index (χ1v) is 9.93. The van der Waals surface area contributed by atoms with Gasteiger partial charge in [0.15, 0.2) is 17.3 Å². The van der Waals surface area contributed by atoms with E-state index < -0.39 is 11.2 Å². The summed E-state index contributed by atoms with van der Waals surface area (Å²) in [6, 6.07) is 16.0. The van der Waals surface area contributed by atoms with Crippen molar-refractivity contribution in [1.82, 2.24) is 4.57 Å². The second-order valence-electron chi connectivity index (χ2n) is 7.41. The highest BCUT2D eigenvalue weighted by Crippen LogP contribution is 2.35. The number of rotatable bonds is 5. The number of carbonyl (C=O) groups excluding carboxylic acids is 1. The molecule has 1 aromatic heterocycles. The minimum absolute atomic E-state index is 0.0120. The Balaban J connectivity index is 1.69. The molecule has 1 aliphatic heterocycles. The fourth-order valence-electron chi connectivity index (χ4n) is 3.80. The lowest BCUT2D eigenvalue weighted by molar-refractivity contribution is 0.103. The van der Waals surface area contributed by atoms with Gasteiger partial charge in [0.2, 0.25) is 12.2 Å². The summed E-state index contributed by atoms with van der Waals surface area (Å²) in [7, 11) is 1.54. The topological polar surface area (TPSA) is 66.8 Å². The van der Waals surface area contributed by atoms with Gasteiger partial charge < -0.3 is 18.8 Å². The van der Waals surface area contributed by atoms with Gasteiger partial charge in [0.25, 0.3) is 0 Å². The van der Waals surface area contributed by atoms with E-state index in [-0.39, 0.29) is 24.7 Å². The maximum absolute atomic E-state index is 13.8. The molecule has 160 valence electrons. The van der Waals surface area contributed by atoms with E-state index in [1.54, 1.807) is 53.1 Å². The summed E-state index contributed by atoms with van der Waals surface area (Å²) in [4.78, 5) is 26.5. The van der Waals surface area contributed by atoms with Gasteiger partial charge in [-0.25, -0.2) is 4.39 Å². The van der Waals surface area contributed by atoms with Crippen LogP contribution in [0.1, 0.15) is 21.5 Å². The third kappa shape index (κ3) is 3.47. The number of fused-ring (bicyclic) bond motifs is 2. The van der Waals surface area contributed by atoms with Crippen LogP contribution in [0, 0.1) is 5.82 Å². The van der Waals surface area contributed by atoms with Crippen LogP contribution in [0.3, 0.4) is 0 Å². The van der Waals surface area contributed by atoms with Gasteiger partial charge in [-0.1, -0.05) is 12.1 Å². The third-order valence-corrected chi connectivity index (χ3v) is 5.41. The molecule has 0 radical (unpaired) electrons. The minimum atomic E-state index is -0.412. The van der Waals surface area contributed by atoms with Crippen molar-refractivity contribution in [1.29, 1.82) is 0 Å².